The number of aryl methyl sites for hydroxylation is 1. The molecule has 2 heterocycles. The zero-order chi connectivity index (χ0) is 13.3. The fourth-order valence-electron chi connectivity index (χ4n) is 2.43. The van der Waals surface area contributed by atoms with E-state index in [2.05, 4.69) is 29.0 Å². The quantitative estimate of drug-likeness (QED) is 0.857. The molecule has 0 aromatic carbocycles. The van der Waals surface area contributed by atoms with Crippen LogP contribution in [0.15, 0.2) is 6.07 Å². The standard InChI is InChI=1S/C13H18ClN3O/c1-4-9(5-2)17-7-11(18)16-12-10(17)6-8(3)15-13(12)14/h6,9H,4-5,7H2,1-3H3,(H,16,18). The van der Waals surface area contributed by atoms with Gasteiger partial charge in [-0.1, -0.05) is 25.4 Å². The number of carbonyl (C=O) groups is 1. The number of rotatable bonds is 3. The zero-order valence-electron chi connectivity index (χ0n) is 11.0. The van der Waals surface area contributed by atoms with E-state index in [0.717, 1.165) is 24.2 Å². The molecule has 2 rings (SSSR count). The van der Waals surface area contributed by atoms with Gasteiger partial charge in [0.05, 0.1) is 12.2 Å². The Kier molecular flexibility index (Phi) is 3.76. The molecule has 1 aliphatic rings. The van der Waals surface area contributed by atoms with Gasteiger partial charge in [0, 0.05) is 11.7 Å². The van der Waals surface area contributed by atoms with E-state index in [-0.39, 0.29) is 5.91 Å². The highest BCUT2D eigenvalue weighted by Crippen LogP contribution is 2.37. The number of nitrogens with zero attached hydrogens (tertiary/aromatic N) is 2. The van der Waals surface area contributed by atoms with Gasteiger partial charge in [0.2, 0.25) is 5.91 Å². The molecule has 0 bridgehead atoms. The zero-order valence-corrected chi connectivity index (χ0v) is 11.7. The Labute approximate surface area is 112 Å². The first-order chi connectivity index (χ1) is 8.56. The lowest BCUT2D eigenvalue weighted by Crippen LogP contribution is -2.44. The van der Waals surface area contributed by atoms with Gasteiger partial charge in [-0.15, -0.1) is 0 Å². The van der Waals surface area contributed by atoms with Gasteiger partial charge >= 0.3 is 0 Å². The summed E-state index contributed by atoms with van der Waals surface area (Å²) in [7, 11) is 0. The summed E-state index contributed by atoms with van der Waals surface area (Å²) in [5.41, 5.74) is 2.50. The Morgan fingerprint density at radius 3 is 2.78 bits per heavy atom. The molecule has 5 heteroatoms. The van der Waals surface area contributed by atoms with Crippen LogP contribution in [-0.4, -0.2) is 23.5 Å². The fraction of sp³-hybridized carbons (Fsp3) is 0.538. The van der Waals surface area contributed by atoms with Crippen LogP contribution < -0.4 is 10.2 Å². The largest absolute Gasteiger partial charge is 0.357 e. The molecule has 1 aromatic heterocycles. The van der Waals surface area contributed by atoms with Gasteiger partial charge in [0.25, 0.3) is 0 Å². The first kappa shape index (κ1) is 13.1. The first-order valence-corrected chi connectivity index (χ1v) is 6.68. The van der Waals surface area contributed by atoms with Crippen LogP contribution in [0.5, 0.6) is 0 Å². The van der Waals surface area contributed by atoms with E-state index in [4.69, 9.17) is 11.6 Å². The first-order valence-electron chi connectivity index (χ1n) is 6.30. The highest BCUT2D eigenvalue weighted by atomic mass is 35.5. The van der Waals surface area contributed by atoms with Crippen molar-refractivity contribution in [3.05, 3.63) is 16.9 Å². The molecular weight excluding hydrogens is 250 g/mol. The summed E-state index contributed by atoms with van der Waals surface area (Å²) in [6, 6.07) is 2.34. The molecule has 0 aliphatic carbocycles. The van der Waals surface area contributed by atoms with Gasteiger partial charge in [-0.05, 0) is 25.8 Å². The Morgan fingerprint density at radius 2 is 2.17 bits per heavy atom. The second-order valence-electron chi connectivity index (χ2n) is 4.59. The predicted octanol–water partition coefficient (Wildman–Crippen LogP) is 2.99. The SMILES string of the molecule is CCC(CC)N1CC(=O)Nc2c1cc(C)nc2Cl. The number of halogens is 1. The lowest BCUT2D eigenvalue weighted by atomic mass is 10.1. The third kappa shape index (κ3) is 2.29. The molecule has 0 unspecified atom stereocenters. The number of hydrogen-bond acceptors (Lipinski definition) is 3. The minimum atomic E-state index is -0.0260. The molecule has 4 nitrogen and oxygen atoms in total. The van der Waals surface area contributed by atoms with Gasteiger partial charge < -0.3 is 10.2 Å². The summed E-state index contributed by atoms with van der Waals surface area (Å²) in [6.07, 6.45) is 2.00. The van der Waals surface area contributed by atoms with Crippen molar-refractivity contribution in [1.29, 1.82) is 0 Å². The molecule has 1 amide bonds. The highest BCUT2D eigenvalue weighted by Gasteiger charge is 2.28. The van der Waals surface area contributed by atoms with Crippen molar-refractivity contribution in [3.8, 4) is 0 Å². The second-order valence-corrected chi connectivity index (χ2v) is 4.95. The van der Waals surface area contributed by atoms with Crippen LogP contribution in [0.1, 0.15) is 32.4 Å². The molecule has 1 aromatic rings. The van der Waals surface area contributed by atoms with Crippen LogP contribution in [0.2, 0.25) is 5.15 Å². The third-order valence-corrected chi connectivity index (χ3v) is 3.63. The van der Waals surface area contributed by atoms with Crippen molar-refractivity contribution in [2.24, 2.45) is 0 Å². The average Bonchev–Trinajstić information content (AvgIpc) is 2.32. The third-order valence-electron chi connectivity index (χ3n) is 3.35. The highest BCUT2D eigenvalue weighted by molar-refractivity contribution is 6.33. The molecular formula is C13H18ClN3O. The molecule has 0 atom stereocenters. The van der Waals surface area contributed by atoms with Gasteiger partial charge in [-0.25, -0.2) is 4.98 Å². The lowest BCUT2D eigenvalue weighted by Gasteiger charge is -2.37. The van der Waals surface area contributed by atoms with Gasteiger partial charge in [-0.3, -0.25) is 4.79 Å². The topological polar surface area (TPSA) is 45.2 Å². The summed E-state index contributed by atoms with van der Waals surface area (Å²) in [5.74, 6) is -0.0260. The molecule has 0 fully saturated rings. The summed E-state index contributed by atoms with van der Waals surface area (Å²) in [4.78, 5) is 18.1. The van der Waals surface area contributed by atoms with E-state index in [1.54, 1.807) is 0 Å². The maximum absolute atomic E-state index is 11.8. The Bertz CT molecular complexity index is 472. The number of fused-ring (bicyclic) bond motifs is 1. The van der Waals surface area contributed by atoms with Crippen LogP contribution >= 0.6 is 11.6 Å². The molecule has 18 heavy (non-hydrogen) atoms. The minimum absolute atomic E-state index is 0.0260. The van der Waals surface area contributed by atoms with Crippen molar-refractivity contribution < 1.29 is 4.79 Å². The lowest BCUT2D eigenvalue weighted by molar-refractivity contribution is -0.115. The molecule has 0 radical (unpaired) electrons. The Hall–Kier alpha value is -1.29. The normalized spacial score (nSPS) is 14.7. The molecule has 0 saturated heterocycles. The van der Waals surface area contributed by atoms with Gasteiger partial charge in [0.1, 0.15) is 5.69 Å². The van der Waals surface area contributed by atoms with Gasteiger partial charge in [0.15, 0.2) is 5.15 Å². The van der Waals surface area contributed by atoms with Crippen LogP contribution in [0.25, 0.3) is 0 Å². The van der Waals surface area contributed by atoms with Crippen LogP contribution in [0.4, 0.5) is 11.4 Å². The molecule has 1 aliphatic heterocycles. The average molecular weight is 268 g/mol. The van der Waals surface area contributed by atoms with E-state index in [1.807, 2.05) is 13.0 Å². The van der Waals surface area contributed by atoms with Crippen LogP contribution in [0.3, 0.4) is 0 Å². The van der Waals surface area contributed by atoms with Crippen molar-refractivity contribution in [3.63, 3.8) is 0 Å². The number of anilines is 2. The van der Waals surface area contributed by atoms with E-state index in [9.17, 15) is 4.79 Å². The fourth-order valence-corrected chi connectivity index (χ4v) is 2.71. The number of hydrogen-bond donors (Lipinski definition) is 1. The predicted molar refractivity (Wildman–Crippen MR) is 74.3 cm³/mol. The van der Waals surface area contributed by atoms with Crippen molar-refractivity contribution in [2.45, 2.75) is 39.7 Å². The van der Waals surface area contributed by atoms with E-state index in [0.29, 0.717) is 23.4 Å². The molecule has 1 N–H and O–H groups in total. The number of nitrogens with one attached hydrogen (secondary N) is 1. The molecule has 0 saturated carbocycles. The smallest absolute Gasteiger partial charge is 0.244 e. The second kappa shape index (κ2) is 5.14. The van der Waals surface area contributed by atoms with Gasteiger partial charge in [-0.2, -0.15) is 0 Å². The number of amides is 1. The van der Waals surface area contributed by atoms with Crippen molar-refractivity contribution in [1.82, 2.24) is 4.98 Å². The van der Waals surface area contributed by atoms with Crippen molar-refractivity contribution >= 4 is 28.9 Å². The summed E-state index contributed by atoms with van der Waals surface area (Å²) in [6.45, 7) is 6.57. The summed E-state index contributed by atoms with van der Waals surface area (Å²) in [5, 5.41) is 3.18. The Balaban J connectivity index is 2.50. The molecule has 98 valence electrons. The minimum Gasteiger partial charge on any atom is -0.357 e. The Morgan fingerprint density at radius 1 is 1.50 bits per heavy atom. The maximum Gasteiger partial charge on any atom is 0.244 e. The van der Waals surface area contributed by atoms with Crippen molar-refractivity contribution in [2.75, 3.05) is 16.8 Å². The van der Waals surface area contributed by atoms with E-state index >= 15 is 0 Å². The van der Waals surface area contributed by atoms with Crippen LogP contribution in [-0.2, 0) is 4.79 Å². The van der Waals surface area contributed by atoms with E-state index in [1.165, 1.54) is 0 Å². The number of aromatic nitrogens is 1. The monoisotopic (exact) mass is 267 g/mol. The summed E-state index contributed by atoms with van der Waals surface area (Å²) >= 11 is 6.12. The number of pyridine rings is 1. The van der Waals surface area contributed by atoms with E-state index < -0.39 is 0 Å². The van der Waals surface area contributed by atoms with Crippen LogP contribution in [0, 0.1) is 6.92 Å². The maximum atomic E-state index is 11.8. The molecule has 0 spiro atoms. The summed E-state index contributed by atoms with van der Waals surface area (Å²) < 4.78 is 0. The number of carbonyl (C=O) groups excluding carboxylic acids is 1.